The molecule has 3 aliphatic rings. The standard InChI is InChI=1S/C15H23N3O/c16-15(10-13-5-6-14(15)19-13)9-11-7-8-18(17-11)12-3-1-2-4-12/h7-8,12-14H,1-6,9-10,16H2. The van der Waals surface area contributed by atoms with Crippen molar-refractivity contribution < 1.29 is 4.74 Å². The molecule has 4 nitrogen and oxygen atoms in total. The van der Waals surface area contributed by atoms with Gasteiger partial charge in [0, 0.05) is 12.6 Å². The predicted molar refractivity (Wildman–Crippen MR) is 72.9 cm³/mol. The highest BCUT2D eigenvalue weighted by Gasteiger charge is 2.50. The van der Waals surface area contributed by atoms with Crippen molar-refractivity contribution >= 4 is 0 Å². The number of ether oxygens (including phenoxy) is 1. The van der Waals surface area contributed by atoms with Crippen LogP contribution in [0.2, 0.25) is 0 Å². The van der Waals surface area contributed by atoms with E-state index in [1.54, 1.807) is 0 Å². The molecule has 4 rings (SSSR count). The van der Waals surface area contributed by atoms with Crippen molar-refractivity contribution in [2.45, 2.75) is 75.2 Å². The normalized spacial score (nSPS) is 38.4. The summed E-state index contributed by atoms with van der Waals surface area (Å²) in [6, 6.07) is 2.78. The van der Waals surface area contributed by atoms with Gasteiger partial charge in [-0.3, -0.25) is 4.68 Å². The van der Waals surface area contributed by atoms with Crippen LogP contribution in [0.5, 0.6) is 0 Å². The molecule has 2 bridgehead atoms. The monoisotopic (exact) mass is 261 g/mol. The quantitative estimate of drug-likeness (QED) is 0.907. The first-order valence-corrected chi connectivity index (χ1v) is 7.71. The maximum absolute atomic E-state index is 6.56. The summed E-state index contributed by atoms with van der Waals surface area (Å²) in [6.07, 6.45) is 12.3. The number of aromatic nitrogens is 2. The molecule has 19 heavy (non-hydrogen) atoms. The largest absolute Gasteiger partial charge is 0.373 e. The van der Waals surface area contributed by atoms with Crippen molar-refractivity contribution in [2.24, 2.45) is 5.73 Å². The summed E-state index contributed by atoms with van der Waals surface area (Å²) in [5, 5.41) is 4.77. The highest BCUT2D eigenvalue weighted by Crippen LogP contribution is 2.41. The molecule has 1 aromatic heterocycles. The molecule has 1 saturated carbocycles. The molecule has 3 unspecified atom stereocenters. The first-order valence-electron chi connectivity index (χ1n) is 7.71. The first-order chi connectivity index (χ1) is 9.23. The SMILES string of the molecule is NC1(Cc2ccn(C3CCCC3)n2)CC2CCC1O2. The van der Waals surface area contributed by atoms with Gasteiger partial charge < -0.3 is 10.5 Å². The second-order valence-corrected chi connectivity index (χ2v) is 6.66. The minimum absolute atomic E-state index is 0.169. The summed E-state index contributed by atoms with van der Waals surface area (Å²) in [7, 11) is 0. The molecule has 0 spiro atoms. The number of fused-ring (bicyclic) bond motifs is 2. The lowest BCUT2D eigenvalue weighted by Crippen LogP contribution is -2.50. The Kier molecular flexibility index (Phi) is 2.71. The first kappa shape index (κ1) is 11.9. The molecule has 2 aliphatic heterocycles. The average Bonchev–Trinajstić information content (AvgIpc) is 3.12. The summed E-state index contributed by atoms with van der Waals surface area (Å²) in [5.74, 6) is 0. The van der Waals surface area contributed by atoms with Gasteiger partial charge in [0.1, 0.15) is 0 Å². The fourth-order valence-electron chi connectivity index (χ4n) is 4.20. The molecule has 3 atom stereocenters. The molecule has 3 heterocycles. The Balaban J connectivity index is 1.48. The third kappa shape index (κ3) is 2.01. The Hall–Kier alpha value is -0.870. The lowest BCUT2D eigenvalue weighted by molar-refractivity contribution is 0.0854. The van der Waals surface area contributed by atoms with Gasteiger partial charge in [-0.05, 0) is 38.2 Å². The van der Waals surface area contributed by atoms with Crippen LogP contribution in [0.4, 0.5) is 0 Å². The molecule has 0 amide bonds. The fraction of sp³-hybridized carbons (Fsp3) is 0.800. The zero-order chi connectivity index (χ0) is 12.9. The van der Waals surface area contributed by atoms with E-state index in [0.717, 1.165) is 25.0 Å². The van der Waals surface area contributed by atoms with Gasteiger partial charge in [-0.25, -0.2) is 0 Å². The van der Waals surface area contributed by atoms with Gasteiger partial charge in [0.15, 0.2) is 0 Å². The molecular weight excluding hydrogens is 238 g/mol. The Morgan fingerprint density at radius 3 is 2.84 bits per heavy atom. The smallest absolute Gasteiger partial charge is 0.0764 e. The minimum Gasteiger partial charge on any atom is -0.373 e. The van der Waals surface area contributed by atoms with Crippen molar-refractivity contribution in [2.75, 3.05) is 0 Å². The van der Waals surface area contributed by atoms with Crippen molar-refractivity contribution in [3.8, 4) is 0 Å². The van der Waals surface area contributed by atoms with Gasteiger partial charge in [0.05, 0.1) is 29.5 Å². The lowest BCUT2D eigenvalue weighted by Gasteiger charge is -2.30. The van der Waals surface area contributed by atoms with Crippen molar-refractivity contribution in [1.82, 2.24) is 9.78 Å². The summed E-state index contributed by atoms with van der Waals surface area (Å²) < 4.78 is 8.07. The van der Waals surface area contributed by atoms with Crippen LogP contribution in [0.15, 0.2) is 12.3 Å². The number of rotatable bonds is 3. The number of nitrogens with two attached hydrogens (primary N) is 1. The number of hydrogen-bond acceptors (Lipinski definition) is 3. The molecule has 1 aromatic rings. The van der Waals surface area contributed by atoms with E-state index in [1.807, 2.05) is 0 Å². The average molecular weight is 261 g/mol. The topological polar surface area (TPSA) is 53.1 Å². The molecule has 3 fully saturated rings. The molecular formula is C15H23N3O. The zero-order valence-electron chi connectivity index (χ0n) is 11.4. The molecule has 0 radical (unpaired) electrons. The molecule has 2 N–H and O–H groups in total. The van der Waals surface area contributed by atoms with Crippen molar-refractivity contribution in [3.05, 3.63) is 18.0 Å². The van der Waals surface area contributed by atoms with Gasteiger partial charge in [-0.2, -0.15) is 5.10 Å². The van der Waals surface area contributed by atoms with E-state index < -0.39 is 0 Å². The fourth-order valence-corrected chi connectivity index (χ4v) is 4.20. The second kappa shape index (κ2) is 4.32. The van der Waals surface area contributed by atoms with Gasteiger partial charge in [-0.15, -0.1) is 0 Å². The number of hydrogen-bond donors (Lipinski definition) is 1. The predicted octanol–water partition coefficient (Wildman–Crippen LogP) is 2.19. The third-order valence-corrected chi connectivity index (χ3v) is 5.23. The van der Waals surface area contributed by atoms with Gasteiger partial charge in [-0.1, -0.05) is 12.8 Å². The van der Waals surface area contributed by atoms with Crippen LogP contribution >= 0.6 is 0 Å². The molecule has 1 aliphatic carbocycles. The van der Waals surface area contributed by atoms with Crippen LogP contribution in [0.3, 0.4) is 0 Å². The summed E-state index contributed by atoms with van der Waals surface area (Å²) in [4.78, 5) is 0. The molecule has 4 heteroatoms. The van der Waals surface area contributed by atoms with E-state index in [-0.39, 0.29) is 11.6 Å². The second-order valence-electron chi connectivity index (χ2n) is 6.66. The van der Waals surface area contributed by atoms with E-state index in [9.17, 15) is 0 Å². The van der Waals surface area contributed by atoms with Gasteiger partial charge in [0.2, 0.25) is 0 Å². The van der Waals surface area contributed by atoms with E-state index in [2.05, 4.69) is 16.9 Å². The zero-order valence-corrected chi connectivity index (χ0v) is 11.4. The molecule has 2 saturated heterocycles. The summed E-state index contributed by atoms with van der Waals surface area (Å²) >= 11 is 0. The van der Waals surface area contributed by atoms with Crippen LogP contribution < -0.4 is 5.73 Å². The van der Waals surface area contributed by atoms with Gasteiger partial charge >= 0.3 is 0 Å². The Morgan fingerprint density at radius 1 is 1.32 bits per heavy atom. The lowest BCUT2D eigenvalue weighted by atomic mass is 9.79. The summed E-state index contributed by atoms with van der Waals surface area (Å²) in [5.41, 5.74) is 7.54. The maximum Gasteiger partial charge on any atom is 0.0764 e. The van der Waals surface area contributed by atoms with Crippen LogP contribution in [-0.2, 0) is 11.2 Å². The highest BCUT2D eigenvalue weighted by atomic mass is 16.5. The van der Waals surface area contributed by atoms with Gasteiger partial charge in [0.25, 0.3) is 0 Å². The number of nitrogens with zero attached hydrogens (tertiary/aromatic N) is 2. The van der Waals surface area contributed by atoms with E-state index in [4.69, 9.17) is 15.6 Å². The molecule has 0 aromatic carbocycles. The Bertz CT molecular complexity index is 466. The molecule has 104 valence electrons. The van der Waals surface area contributed by atoms with Crippen LogP contribution in [0, 0.1) is 0 Å². The van der Waals surface area contributed by atoms with E-state index in [1.165, 1.54) is 32.1 Å². The minimum atomic E-state index is -0.169. The van der Waals surface area contributed by atoms with Crippen LogP contribution in [-0.4, -0.2) is 27.5 Å². The Morgan fingerprint density at radius 2 is 2.16 bits per heavy atom. The van der Waals surface area contributed by atoms with Crippen LogP contribution in [0.25, 0.3) is 0 Å². The van der Waals surface area contributed by atoms with Crippen molar-refractivity contribution in [1.29, 1.82) is 0 Å². The highest BCUT2D eigenvalue weighted by molar-refractivity contribution is 5.13. The van der Waals surface area contributed by atoms with E-state index in [0.29, 0.717) is 12.1 Å². The summed E-state index contributed by atoms with van der Waals surface area (Å²) in [6.45, 7) is 0. The Labute approximate surface area is 114 Å². The van der Waals surface area contributed by atoms with E-state index >= 15 is 0 Å². The van der Waals surface area contributed by atoms with Crippen LogP contribution in [0.1, 0.15) is 56.7 Å². The van der Waals surface area contributed by atoms with Crippen molar-refractivity contribution in [3.63, 3.8) is 0 Å². The third-order valence-electron chi connectivity index (χ3n) is 5.23. The maximum atomic E-state index is 6.56.